The number of halogens is 3. The van der Waals surface area contributed by atoms with Gasteiger partial charge in [0.25, 0.3) is 0 Å². The lowest BCUT2D eigenvalue weighted by molar-refractivity contribution is -0.174. The van der Waals surface area contributed by atoms with Crippen LogP contribution in [0.3, 0.4) is 0 Å². The number of carbonyl (C=O) groups excluding carboxylic acids is 1. The van der Waals surface area contributed by atoms with E-state index in [1.807, 2.05) is 30.3 Å². The molecule has 2 rings (SSSR count). The van der Waals surface area contributed by atoms with Gasteiger partial charge in [-0.3, -0.25) is 0 Å². The maximum absolute atomic E-state index is 14.1. The van der Waals surface area contributed by atoms with Gasteiger partial charge in [-0.05, 0) is 30.2 Å². The summed E-state index contributed by atoms with van der Waals surface area (Å²) < 4.78 is 43.5. The van der Waals surface area contributed by atoms with E-state index in [0.29, 0.717) is 12.4 Å². The monoisotopic (exact) mass is 401 g/mol. The van der Waals surface area contributed by atoms with Gasteiger partial charge in [-0.25, -0.2) is 4.79 Å². The number of methoxy groups -OCH3 is 1. The minimum atomic E-state index is -3.85. The molecule has 0 radical (unpaired) electrons. The van der Waals surface area contributed by atoms with E-state index < -0.39 is 17.9 Å². The van der Waals surface area contributed by atoms with Crippen LogP contribution >= 0.6 is 12.4 Å². The van der Waals surface area contributed by atoms with E-state index >= 15 is 0 Å². The molecule has 0 unspecified atom stereocenters. The van der Waals surface area contributed by atoms with Gasteiger partial charge in [0, 0.05) is 0 Å². The van der Waals surface area contributed by atoms with Crippen LogP contribution in [0, 0.1) is 0 Å². The zero-order chi connectivity index (χ0) is 19.2. The van der Waals surface area contributed by atoms with E-state index in [1.165, 1.54) is 32.2 Å². The standard InChI is InChI=1S/C19H21F2NO4.ClH/c1-3-25-18(23)19(20,21)17(22)14-9-10-15(16(11-14)24-2)26-12-13-7-5-4-6-8-13;/h4-11,17H,3,12,22H2,1-2H3;1H/t17-;/m1./s1. The summed E-state index contributed by atoms with van der Waals surface area (Å²) in [6.07, 6.45) is 0. The van der Waals surface area contributed by atoms with Crippen molar-refractivity contribution < 1.29 is 27.8 Å². The van der Waals surface area contributed by atoms with Crippen LogP contribution < -0.4 is 15.2 Å². The summed E-state index contributed by atoms with van der Waals surface area (Å²) in [5.74, 6) is -4.89. The molecule has 0 saturated heterocycles. The number of hydrogen-bond donors (Lipinski definition) is 1. The highest BCUT2D eigenvalue weighted by Crippen LogP contribution is 2.36. The largest absolute Gasteiger partial charge is 0.493 e. The SMILES string of the molecule is CCOC(=O)C(F)(F)[C@H](N)c1ccc(OCc2ccccc2)c(OC)c1.Cl. The highest BCUT2D eigenvalue weighted by atomic mass is 35.5. The minimum absolute atomic E-state index is 0. The number of hydrogen-bond acceptors (Lipinski definition) is 5. The number of carbonyl (C=O) groups is 1. The fraction of sp³-hybridized carbons (Fsp3) is 0.316. The molecule has 0 aliphatic rings. The summed E-state index contributed by atoms with van der Waals surface area (Å²) in [7, 11) is 1.39. The van der Waals surface area contributed by atoms with Gasteiger partial charge >= 0.3 is 11.9 Å². The summed E-state index contributed by atoms with van der Waals surface area (Å²) in [5, 5.41) is 0. The Hall–Kier alpha value is -2.38. The van der Waals surface area contributed by atoms with Crippen LogP contribution in [0.25, 0.3) is 0 Å². The third kappa shape index (κ3) is 5.55. The van der Waals surface area contributed by atoms with Crippen LogP contribution in [0.1, 0.15) is 24.1 Å². The molecular weight excluding hydrogens is 380 g/mol. The molecule has 2 aromatic rings. The van der Waals surface area contributed by atoms with Crippen LogP contribution in [-0.2, 0) is 16.1 Å². The van der Waals surface area contributed by atoms with Crippen molar-refractivity contribution in [2.75, 3.05) is 13.7 Å². The first-order valence-electron chi connectivity index (χ1n) is 8.05. The van der Waals surface area contributed by atoms with Crippen LogP contribution in [0.15, 0.2) is 48.5 Å². The van der Waals surface area contributed by atoms with Crippen molar-refractivity contribution in [3.8, 4) is 11.5 Å². The van der Waals surface area contributed by atoms with Gasteiger partial charge in [-0.15, -0.1) is 12.4 Å². The number of benzene rings is 2. The van der Waals surface area contributed by atoms with Crippen molar-refractivity contribution in [3.05, 3.63) is 59.7 Å². The zero-order valence-electron chi connectivity index (χ0n) is 15.0. The fourth-order valence-corrected chi connectivity index (χ4v) is 2.30. The van der Waals surface area contributed by atoms with E-state index in [9.17, 15) is 13.6 Å². The number of nitrogens with two attached hydrogens (primary N) is 1. The second-order valence-corrected chi connectivity index (χ2v) is 5.51. The molecule has 0 spiro atoms. The molecule has 2 N–H and O–H groups in total. The highest BCUT2D eigenvalue weighted by Gasteiger charge is 2.48. The molecule has 1 atom stereocenters. The van der Waals surface area contributed by atoms with Crippen molar-refractivity contribution in [2.24, 2.45) is 5.73 Å². The Morgan fingerprint density at radius 1 is 1.15 bits per heavy atom. The molecule has 8 heteroatoms. The second-order valence-electron chi connectivity index (χ2n) is 5.51. The summed E-state index contributed by atoms with van der Waals surface area (Å²) in [5.41, 5.74) is 6.58. The predicted octanol–water partition coefficient (Wildman–Crippen LogP) is 3.89. The first-order chi connectivity index (χ1) is 12.4. The molecule has 0 amide bonds. The molecule has 148 valence electrons. The first-order valence-corrected chi connectivity index (χ1v) is 8.05. The van der Waals surface area contributed by atoms with Crippen molar-refractivity contribution in [2.45, 2.75) is 25.5 Å². The molecule has 0 bridgehead atoms. The Bertz CT molecular complexity index is 744. The average molecular weight is 402 g/mol. The quantitative estimate of drug-likeness (QED) is 0.679. The van der Waals surface area contributed by atoms with Crippen LogP contribution in [0.4, 0.5) is 8.78 Å². The Balaban J connectivity index is 0.00000364. The van der Waals surface area contributed by atoms with Crippen LogP contribution in [0.2, 0.25) is 0 Å². The summed E-state index contributed by atoms with van der Waals surface area (Å²) in [4.78, 5) is 11.5. The molecule has 27 heavy (non-hydrogen) atoms. The van der Waals surface area contributed by atoms with E-state index in [-0.39, 0.29) is 30.3 Å². The third-order valence-corrected chi connectivity index (χ3v) is 3.72. The van der Waals surface area contributed by atoms with Gasteiger partial charge < -0.3 is 19.9 Å². The van der Waals surface area contributed by atoms with Crippen molar-refractivity contribution in [1.82, 2.24) is 0 Å². The van der Waals surface area contributed by atoms with Gasteiger partial charge in [0.05, 0.1) is 13.7 Å². The molecule has 2 aromatic carbocycles. The molecule has 0 aromatic heterocycles. The first kappa shape index (κ1) is 22.7. The topological polar surface area (TPSA) is 70.8 Å². The van der Waals surface area contributed by atoms with E-state index in [1.54, 1.807) is 0 Å². The van der Waals surface area contributed by atoms with E-state index in [0.717, 1.165) is 5.56 Å². The normalized spacial score (nSPS) is 11.9. The number of alkyl halides is 2. The molecule has 0 aliphatic carbocycles. The molecule has 0 fully saturated rings. The summed E-state index contributed by atoms with van der Waals surface area (Å²) in [6.45, 7) is 1.58. The smallest absolute Gasteiger partial charge is 0.379 e. The third-order valence-electron chi connectivity index (χ3n) is 3.72. The molecule has 0 saturated carbocycles. The molecule has 0 heterocycles. The lowest BCUT2D eigenvalue weighted by Crippen LogP contribution is -2.41. The lowest BCUT2D eigenvalue weighted by atomic mass is 10.0. The van der Waals surface area contributed by atoms with E-state index in [4.69, 9.17) is 15.2 Å². The average Bonchev–Trinajstić information content (AvgIpc) is 2.66. The van der Waals surface area contributed by atoms with Gasteiger partial charge in [-0.2, -0.15) is 8.78 Å². The van der Waals surface area contributed by atoms with Crippen molar-refractivity contribution in [3.63, 3.8) is 0 Å². The Morgan fingerprint density at radius 2 is 1.81 bits per heavy atom. The van der Waals surface area contributed by atoms with Crippen molar-refractivity contribution >= 4 is 18.4 Å². The lowest BCUT2D eigenvalue weighted by Gasteiger charge is -2.22. The Labute approximate surface area is 162 Å². The minimum Gasteiger partial charge on any atom is -0.493 e. The molecule has 5 nitrogen and oxygen atoms in total. The Morgan fingerprint density at radius 3 is 2.41 bits per heavy atom. The van der Waals surface area contributed by atoms with E-state index in [2.05, 4.69) is 4.74 Å². The summed E-state index contributed by atoms with van der Waals surface area (Å²) in [6, 6.07) is 11.8. The molecule has 0 aliphatic heterocycles. The number of ether oxygens (including phenoxy) is 3. The van der Waals surface area contributed by atoms with Crippen molar-refractivity contribution in [1.29, 1.82) is 0 Å². The van der Waals surface area contributed by atoms with Gasteiger partial charge in [-0.1, -0.05) is 36.4 Å². The van der Waals surface area contributed by atoms with Crippen LogP contribution in [0.5, 0.6) is 11.5 Å². The highest BCUT2D eigenvalue weighted by molar-refractivity contribution is 5.85. The predicted molar refractivity (Wildman–Crippen MR) is 99.5 cm³/mol. The van der Waals surface area contributed by atoms with Gasteiger partial charge in [0.1, 0.15) is 12.6 Å². The fourth-order valence-electron chi connectivity index (χ4n) is 2.30. The van der Waals surface area contributed by atoms with Crippen LogP contribution in [-0.4, -0.2) is 25.6 Å². The molecular formula is C19H22ClF2NO4. The summed E-state index contributed by atoms with van der Waals surface area (Å²) >= 11 is 0. The second kappa shape index (κ2) is 10.1. The maximum atomic E-state index is 14.1. The maximum Gasteiger partial charge on any atom is 0.379 e. The number of esters is 1. The Kier molecular flexibility index (Phi) is 8.46. The van der Waals surface area contributed by atoms with Gasteiger partial charge in [0.15, 0.2) is 11.5 Å². The van der Waals surface area contributed by atoms with Gasteiger partial charge in [0.2, 0.25) is 0 Å². The number of rotatable bonds is 8. The zero-order valence-corrected chi connectivity index (χ0v) is 15.8.